The number of carbonyl (C=O) groups is 1. The van der Waals surface area contributed by atoms with Crippen LogP contribution in [0.25, 0.3) is 5.69 Å². The summed E-state index contributed by atoms with van der Waals surface area (Å²) in [4.78, 5) is 12.5. The first-order valence-electron chi connectivity index (χ1n) is 10.6. The van der Waals surface area contributed by atoms with Gasteiger partial charge in [0.15, 0.2) is 5.82 Å². The fourth-order valence-corrected chi connectivity index (χ4v) is 2.65. The number of H-pyrrole nitrogens is 1. The minimum atomic E-state index is -0.340. The van der Waals surface area contributed by atoms with Crippen LogP contribution < -0.4 is 5.32 Å². The molecule has 3 aromatic rings. The van der Waals surface area contributed by atoms with Gasteiger partial charge in [0.25, 0.3) is 0 Å². The van der Waals surface area contributed by atoms with Crippen LogP contribution in [0.5, 0.6) is 0 Å². The van der Waals surface area contributed by atoms with Gasteiger partial charge in [-0.1, -0.05) is 46.8 Å². The fraction of sp³-hybridized carbons (Fsp3) is 0.435. The van der Waals surface area contributed by atoms with E-state index in [1.807, 2.05) is 78.1 Å². The Morgan fingerprint density at radius 1 is 1.23 bits per heavy atom. The monoisotopic (exact) mass is 413 g/mol. The zero-order chi connectivity index (χ0) is 22.5. The highest BCUT2D eigenvalue weighted by Crippen LogP contribution is 2.19. The predicted octanol–water partition coefficient (Wildman–Crippen LogP) is 5.10. The van der Waals surface area contributed by atoms with Crippen LogP contribution >= 0.6 is 0 Å². The first kappa shape index (κ1) is 25.1. The zero-order valence-corrected chi connectivity index (χ0v) is 19.2. The summed E-state index contributed by atoms with van der Waals surface area (Å²) in [6.45, 7) is 12.4. The molecular weight excluding hydrogens is 378 g/mol. The van der Waals surface area contributed by atoms with E-state index in [9.17, 15) is 4.79 Å². The molecule has 0 fully saturated rings. The van der Waals surface area contributed by atoms with Gasteiger partial charge in [-0.05, 0) is 31.0 Å². The van der Waals surface area contributed by atoms with E-state index in [0.717, 1.165) is 28.9 Å². The topological polar surface area (TPSA) is 84.8 Å². The van der Waals surface area contributed by atoms with Crippen LogP contribution in [0.1, 0.15) is 64.3 Å². The lowest BCUT2D eigenvalue weighted by molar-refractivity contribution is -0.117. The number of hydrogen-bond donors (Lipinski definition) is 2. The summed E-state index contributed by atoms with van der Waals surface area (Å²) < 4.78 is 6.93. The van der Waals surface area contributed by atoms with Crippen molar-refractivity contribution < 1.29 is 9.53 Å². The Morgan fingerprint density at radius 2 is 1.97 bits per heavy atom. The van der Waals surface area contributed by atoms with Crippen LogP contribution in [0.2, 0.25) is 0 Å². The summed E-state index contributed by atoms with van der Waals surface area (Å²) in [6, 6.07) is 9.79. The number of benzene rings is 1. The number of nitrogens with one attached hydrogen (secondary N) is 2. The third-order valence-corrected chi connectivity index (χ3v) is 4.25. The molecule has 2 N–H and O–H groups in total. The van der Waals surface area contributed by atoms with E-state index in [2.05, 4.69) is 20.6 Å². The second-order valence-corrected chi connectivity index (χ2v) is 6.16. The predicted molar refractivity (Wildman–Crippen MR) is 122 cm³/mol. The Morgan fingerprint density at radius 3 is 2.60 bits per heavy atom. The Bertz CT molecular complexity index is 885. The molecule has 0 aliphatic rings. The molecule has 2 aromatic heterocycles. The van der Waals surface area contributed by atoms with E-state index >= 15 is 0 Å². The second kappa shape index (κ2) is 13.3. The Hall–Kier alpha value is -2.93. The SMILES string of the molecule is CC.CC.CCc1cc(NC(=O)C(C)c2cnn(-c3cccc(COC)c3)c2)n[nH]1. The zero-order valence-electron chi connectivity index (χ0n) is 19.2. The van der Waals surface area contributed by atoms with E-state index in [1.165, 1.54) is 0 Å². The van der Waals surface area contributed by atoms with Crippen molar-refractivity contribution in [2.75, 3.05) is 12.4 Å². The molecule has 0 radical (unpaired) electrons. The number of aryl methyl sites for hydroxylation is 1. The number of aromatic amines is 1. The standard InChI is InChI=1S/C19H23N5O2.2C2H6/c1-4-16-9-18(23-22-16)21-19(25)13(2)15-10-20-24(11-15)17-7-5-6-14(8-17)12-26-3;2*1-2/h5-11,13H,4,12H2,1-3H3,(H2,21,22,23,25);2*1-2H3. The van der Waals surface area contributed by atoms with Crippen molar-refractivity contribution in [1.82, 2.24) is 20.0 Å². The van der Waals surface area contributed by atoms with Crippen molar-refractivity contribution in [3.8, 4) is 5.69 Å². The highest BCUT2D eigenvalue weighted by molar-refractivity contribution is 5.94. The van der Waals surface area contributed by atoms with Crippen LogP contribution in [-0.2, 0) is 22.6 Å². The summed E-state index contributed by atoms with van der Waals surface area (Å²) in [5.41, 5.74) is 3.82. The number of anilines is 1. The van der Waals surface area contributed by atoms with Gasteiger partial charge in [-0.2, -0.15) is 10.2 Å². The molecule has 1 unspecified atom stereocenters. The third-order valence-electron chi connectivity index (χ3n) is 4.25. The maximum absolute atomic E-state index is 12.5. The molecule has 0 aliphatic carbocycles. The molecule has 164 valence electrons. The summed E-state index contributed by atoms with van der Waals surface area (Å²) in [6.07, 6.45) is 4.43. The van der Waals surface area contributed by atoms with Gasteiger partial charge in [0.05, 0.1) is 24.4 Å². The second-order valence-electron chi connectivity index (χ2n) is 6.16. The lowest BCUT2D eigenvalue weighted by Crippen LogP contribution is -2.18. The molecule has 1 aromatic carbocycles. The molecule has 2 heterocycles. The lowest BCUT2D eigenvalue weighted by atomic mass is 10.0. The van der Waals surface area contributed by atoms with Gasteiger partial charge in [0.2, 0.25) is 5.91 Å². The van der Waals surface area contributed by atoms with Gasteiger partial charge >= 0.3 is 0 Å². The van der Waals surface area contributed by atoms with Gasteiger partial charge in [0, 0.05) is 30.6 Å². The Balaban J connectivity index is 0.00000106. The van der Waals surface area contributed by atoms with Crippen molar-refractivity contribution in [3.63, 3.8) is 0 Å². The number of nitrogens with zero attached hydrogens (tertiary/aromatic N) is 3. The number of carbonyl (C=O) groups excluding carboxylic acids is 1. The van der Waals surface area contributed by atoms with E-state index < -0.39 is 0 Å². The molecule has 3 rings (SSSR count). The average Bonchev–Trinajstić information content (AvgIpc) is 3.46. The van der Waals surface area contributed by atoms with Crippen molar-refractivity contribution in [2.24, 2.45) is 0 Å². The van der Waals surface area contributed by atoms with Crippen LogP contribution in [0.15, 0.2) is 42.7 Å². The first-order valence-corrected chi connectivity index (χ1v) is 10.6. The minimum Gasteiger partial charge on any atom is -0.380 e. The van der Waals surface area contributed by atoms with Gasteiger partial charge in [-0.15, -0.1) is 0 Å². The van der Waals surface area contributed by atoms with E-state index in [-0.39, 0.29) is 11.8 Å². The summed E-state index contributed by atoms with van der Waals surface area (Å²) in [7, 11) is 1.67. The number of aromatic nitrogens is 4. The van der Waals surface area contributed by atoms with Crippen LogP contribution in [0.3, 0.4) is 0 Å². The largest absolute Gasteiger partial charge is 0.380 e. The molecular formula is C23H35N5O2. The van der Waals surface area contributed by atoms with Crippen molar-refractivity contribution in [3.05, 3.63) is 59.5 Å². The average molecular weight is 414 g/mol. The quantitative estimate of drug-likeness (QED) is 0.564. The van der Waals surface area contributed by atoms with Crippen LogP contribution in [0, 0.1) is 0 Å². The maximum atomic E-state index is 12.5. The summed E-state index contributed by atoms with van der Waals surface area (Å²) >= 11 is 0. The Labute approximate surface area is 179 Å². The lowest BCUT2D eigenvalue weighted by Gasteiger charge is -2.08. The third kappa shape index (κ3) is 6.84. The molecule has 7 heteroatoms. The normalized spacial score (nSPS) is 10.9. The van der Waals surface area contributed by atoms with Crippen molar-refractivity contribution >= 4 is 11.7 Å². The minimum absolute atomic E-state index is 0.119. The van der Waals surface area contributed by atoms with Gasteiger partial charge in [-0.25, -0.2) is 4.68 Å². The van der Waals surface area contributed by atoms with E-state index in [0.29, 0.717) is 12.4 Å². The van der Waals surface area contributed by atoms with Gasteiger partial charge in [-0.3, -0.25) is 9.89 Å². The summed E-state index contributed by atoms with van der Waals surface area (Å²) in [5, 5.41) is 14.2. The maximum Gasteiger partial charge on any atom is 0.232 e. The van der Waals surface area contributed by atoms with Crippen LogP contribution in [0.4, 0.5) is 5.82 Å². The van der Waals surface area contributed by atoms with Crippen molar-refractivity contribution in [1.29, 1.82) is 0 Å². The molecule has 0 aliphatic heterocycles. The smallest absolute Gasteiger partial charge is 0.232 e. The number of methoxy groups -OCH3 is 1. The molecule has 0 spiro atoms. The van der Waals surface area contributed by atoms with Crippen LogP contribution in [-0.4, -0.2) is 33.0 Å². The molecule has 0 bridgehead atoms. The molecule has 0 saturated carbocycles. The number of rotatable bonds is 7. The number of hydrogen-bond acceptors (Lipinski definition) is 4. The highest BCUT2D eigenvalue weighted by atomic mass is 16.5. The van der Waals surface area contributed by atoms with Gasteiger partial charge in [0.1, 0.15) is 0 Å². The summed E-state index contributed by atoms with van der Waals surface area (Å²) in [5.74, 6) is 0.0814. The van der Waals surface area contributed by atoms with E-state index in [1.54, 1.807) is 18.0 Å². The van der Waals surface area contributed by atoms with Gasteiger partial charge < -0.3 is 10.1 Å². The highest BCUT2D eigenvalue weighted by Gasteiger charge is 2.18. The molecule has 30 heavy (non-hydrogen) atoms. The van der Waals surface area contributed by atoms with Crippen molar-refractivity contribution in [2.45, 2.75) is 60.5 Å². The molecule has 7 nitrogen and oxygen atoms in total. The molecule has 0 saturated heterocycles. The fourth-order valence-electron chi connectivity index (χ4n) is 2.65. The molecule has 1 atom stereocenters. The first-order chi connectivity index (χ1) is 14.6. The number of amides is 1. The van der Waals surface area contributed by atoms with E-state index in [4.69, 9.17) is 4.74 Å². The molecule has 1 amide bonds. The number of ether oxygens (including phenoxy) is 1. The Kier molecular flexibility index (Phi) is 11.1.